The zero-order valence-electron chi connectivity index (χ0n) is 11.9. The molecule has 2 atom stereocenters. The Kier molecular flexibility index (Phi) is 4.47. The van der Waals surface area contributed by atoms with E-state index in [-0.39, 0.29) is 11.9 Å². The number of rotatable bonds is 5. The van der Waals surface area contributed by atoms with E-state index in [1.54, 1.807) is 24.1 Å². The molecule has 0 aliphatic rings. The summed E-state index contributed by atoms with van der Waals surface area (Å²) in [6, 6.07) is 5.08. The molecule has 0 saturated heterocycles. The lowest BCUT2D eigenvalue weighted by Gasteiger charge is -2.18. The van der Waals surface area contributed by atoms with E-state index in [4.69, 9.17) is 0 Å². The predicted octanol–water partition coefficient (Wildman–Crippen LogP) is 0.953. The van der Waals surface area contributed by atoms with Gasteiger partial charge in [0.2, 0.25) is 5.91 Å². The minimum atomic E-state index is -0.421. The molecule has 2 heterocycles. The molecule has 20 heavy (non-hydrogen) atoms. The molecule has 0 aromatic carbocycles. The van der Waals surface area contributed by atoms with Gasteiger partial charge in [0.25, 0.3) is 0 Å². The Labute approximate surface area is 118 Å². The van der Waals surface area contributed by atoms with Crippen LogP contribution in [0.4, 0.5) is 0 Å². The second-order valence-corrected chi connectivity index (χ2v) is 4.65. The molecule has 0 bridgehead atoms. The van der Waals surface area contributed by atoms with Crippen molar-refractivity contribution in [3.63, 3.8) is 0 Å². The van der Waals surface area contributed by atoms with E-state index in [2.05, 4.69) is 20.7 Å². The van der Waals surface area contributed by atoms with Gasteiger partial charge in [-0.2, -0.15) is 5.10 Å². The number of amides is 1. The van der Waals surface area contributed by atoms with E-state index >= 15 is 0 Å². The molecule has 0 radical (unpaired) electrons. The minimum Gasteiger partial charge on any atom is -0.346 e. The van der Waals surface area contributed by atoms with Crippen molar-refractivity contribution in [2.75, 3.05) is 7.05 Å². The van der Waals surface area contributed by atoms with Crippen LogP contribution in [0, 0.1) is 0 Å². The van der Waals surface area contributed by atoms with Crippen LogP contribution in [0.1, 0.15) is 30.3 Å². The zero-order chi connectivity index (χ0) is 14.5. The van der Waals surface area contributed by atoms with Crippen LogP contribution in [0.5, 0.6) is 0 Å². The highest BCUT2D eigenvalue weighted by Crippen LogP contribution is 2.14. The largest absolute Gasteiger partial charge is 0.346 e. The molecule has 2 aromatic rings. The molecule has 6 heteroatoms. The lowest BCUT2D eigenvalue weighted by Crippen LogP contribution is -2.37. The second kappa shape index (κ2) is 6.29. The first-order valence-corrected chi connectivity index (χ1v) is 6.49. The number of hydrogen-bond acceptors (Lipinski definition) is 4. The molecule has 2 unspecified atom stereocenters. The lowest BCUT2D eigenvalue weighted by atomic mass is 10.1. The fourth-order valence-electron chi connectivity index (χ4n) is 2.04. The van der Waals surface area contributed by atoms with Crippen molar-refractivity contribution in [2.24, 2.45) is 7.05 Å². The van der Waals surface area contributed by atoms with Gasteiger partial charge in [-0.3, -0.25) is 14.5 Å². The summed E-state index contributed by atoms with van der Waals surface area (Å²) in [6.45, 7) is 1.91. The number of pyridine rings is 1. The van der Waals surface area contributed by atoms with Gasteiger partial charge in [-0.05, 0) is 26.1 Å². The number of carbonyl (C=O) groups is 1. The van der Waals surface area contributed by atoms with Crippen molar-refractivity contribution < 1.29 is 4.79 Å². The first-order valence-electron chi connectivity index (χ1n) is 6.49. The van der Waals surface area contributed by atoms with Crippen molar-refractivity contribution in [3.8, 4) is 0 Å². The summed E-state index contributed by atoms with van der Waals surface area (Å²) < 4.78 is 1.68. The van der Waals surface area contributed by atoms with E-state index in [9.17, 15) is 4.79 Å². The lowest BCUT2D eigenvalue weighted by molar-refractivity contribution is -0.123. The van der Waals surface area contributed by atoms with Crippen LogP contribution >= 0.6 is 0 Å². The van der Waals surface area contributed by atoms with Crippen LogP contribution in [0.25, 0.3) is 0 Å². The van der Waals surface area contributed by atoms with Crippen LogP contribution < -0.4 is 10.6 Å². The van der Waals surface area contributed by atoms with Crippen molar-refractivity contribution in [3.05, 3.63) is 48.0 Å². The number of carbonyl (C=O) groups excluding carboxylic acids is 1. The number of nitrogens with one attached hydrogen (secondary N) is 2. The summed E-state index contributed by atoms with van der Waals surface area (Å²) in [7, 11) is 3.58. The zero-order valence-corrected chi connectivity index (χ0v) is 11.9. The molecule has 0 spiro atoms. The van der Waals surface area contributed by atoms with E-state index in [0.717, 1.165) is 11.3 Å². The molecule has 2 aromatic heterocycles. The monoisotopic (exact) mass is 273 g/mol. The number of likely N-dealkylation sites (N-methyl/N-ethyl adjacent to an activating group) is 1. The van der Waals surface area contributed by atoms with Crippen LogP contribution in [0.2, 0.25) is 0 Å². The molecule has 0 aliphatic heterocycles. The van der Waals surface area contributed by atoms with Crippen LogP contribution in [0.3, 0.4) is 0 Å². The van der Waals surface area contributed by atoms with Gasteiger partial charge in [0.05, 0.1) is 17.9 Å². The SMILES string of the molecule is CNC(C(=O)NC(C)c1ccccn1)c1cnn(C)c1. The quantitative estimate of drug-likeness (QED) is 0.851. The molecule has 0 fully saturated rings. The summed E-state index contributed by atoms with van der Waals surface area (Å²) >= 11 is 0. The summed E-state index contributed by atoms with van der Waals surface area (Å²) in [4.78, 5) is 16.6. The van der Waals surface area contributed by atoms with E-state index in [0.29, 0.717) is 0 Å². The third-order valence-electron chi connectivity index (χ3n) is 3.10. The Morgan fingerprint density at radius 1 is 1.40 bits per heavy atom. The minimum absolute atomic E-state index is 0.0985. The van der Waals surface area contributed by atoms with E-state index in [1.165, 1.54) is 0 Å². The Morgan fingerprint density at radius 3 is 2.75 bits per heavy atom. The Hall–Kier alpha value is -2.21. The molecule has 1 amide bonds. The summed E-state index contributed by atoms with van der Waals surface area (Å²) in [5.41, 5.74) is 1.67. The summed E-state index contributed by atoms with van der Waals surface area (Å²) in [6.07, 6.45) is 5.23. The summed E-state index contributed by atoms with van der Waals surface area (Å²) in [5, 5.41) is 10.0. The summed E-state index contributed by atoms with van der Waals surface area (Å²) in [5.74, 6) is -0.0985. The van der Waals surface area contributed by atoms with Gasteiger partial charge in [0.15, 0.2) is 0 Å². The second-order valence-electron chi connectivity index (χ2n) is 4.65. The van der Waals surface area contributed by atoms with Gasteiger partial charge >= 0.3 is 0 Å². The highest BCUT2D eigenvalue weighted by atomic mass is 16.2. The third kappa shape index (κ3) is 3.21. The van der Waals surface area contributed by atoms with Gasteiger partial charge in [0.1, 0.15) is 6.04 Å². The van der Waals surface area contributed by atoms with Crippen LogP contribution in [-0.2, 0) is 11.8 Å². The Bertz CT molecular complexity index is 566. The number of aromatic nitrogens is 3. The fraction of sp³-hybridized carbons (Fsp3) is 0.357. The first-order chi connectivity index (χ1) is 9.61. The van der Waals surface area contributed by atoms with Crippen molar-refractivity contribution in [1.29, 1.82) is 0 Å². The Morgan fingerprint density at radius 2 is 2.20 bits per heavy atom. The Balaban J connectivity index is 2.06. The molecular formula is C14H19N5O. The maximum atomic E-state index is 12.3. The highest BCUT2D eigenvalue weighted by Gasteiger charge is 2.22. The average molecular weight is 273 g/mol. The molecule has 6 nitrogen and oxygen atoms in total. The van der Waals surface area contributed by atoms with E-state index < -0.39 is 6.04 Å². The maximum absolute atomic E-state index is 12.3. The number of hydrogen-bond donors (Lipinski definition) is 2. The van der Waals surface area contributed by atoms with Gasteiger partial charge in [-0.1, -0.05) is 6.07 Å². The highest BCUT2D eigenvalue weighted by molar-refractivity contribution is 5.83. The molecule has 0 aliphatic carbocycles. The molecule has 2 rings (SSSR count). The van der Waals surface area contributed by atoms with Gasteiger partial charge in [-0.15, -0.1) is 0 Å². The third-order valence-corrected chi connectivity index (χ3v) is 3.10. The molecule has 2 N–H and O–H groups in total. The predicted molar refractivity (Wildman–Crippen MR) is 75.8 cm³/mol. The normalized spacial score (nSPS) is 13.8. The average Bonchev–Trinajstić information content (AvgIpc) is 2.87. The number of nitrogens with zero attached hydrogens (tertiary/aromatic N) is 3. The molecular weight excluding hydrogens is 254 g/mol. The van der Waals surface area contributed by atoms with Gasteiger partial charge < -0.3 is 10.6 Å². The first kappa shape index (κ1) is 14.2. The van der Waals surface area contributed by atoms with Crippen molar-refractivity contribution in [2.45, 2.75) is 19.0 Å². The van der Waals surface area contributed by atoms with Crippen molar-refractivity contribution >= 4 is 5.91 Å². The van der Waals surface area contributed by atoms with Gasteiger partial charge in [0, 0.05) is 25.0 Å². The molecule has 106 valence electrons. The van der Waals surface area contributed by atoms with E-state index in [1.807, 2.05) is 38.4 Å². The number of aryl methyl sites for hydroxylation is 1. The van der Waals surface area contributed by atoms with Crippen LogP contribution in [-0.4, -0.2) is 27.7 Å². The smallest absolute Gasteiger partial charge is 0.242 e. The standard InChI is InChI=1S/C14H19N5O/c1-10(12-6-4-5-7-16-12)18-14(20)13(15-2)11-8-17-19(3)9-11/h4-10,13,15H,1-3H3,(H,18,20). The molecule has 0 saturated carbocycles. The maximum Gasteiger partial charge on any atom is 0.242 e. The fourth-order valence-corrected chi connectivity index (χ4v) is 2.04. The van der Waals surface area contributed by atoms with Crippen LogP contribution in [0.15, 0.2) is 36.8 Å². The van der Waals surface area contributed by atoms with Crippen molar-refractivity contribution in [1.82, 2.24) is 25.4 Å². The van der Waals surface area contributed by atoms with Gasteiger partial charge in [-0.25, -0.2) is 0 Å². The topological polar surface area (TPSA) is 71.8 Å².